The molecule has 1 rings (SSSR count). The van der Waals surface area contributed by atoms with Gasteiger partial charge in [0.25, 0.3) is 0 Å². The van der Waals surface area contributed by atoms with Crippen LogP contribution >= 0.6 is 25.3 Å². The molecule has 0 saturated heterocycles. The highest BCUT2D eigenvalue weighted by atomic mass is 79.9. The molecule has 1 atom stereocenters. The molecule has 1 unspecified atom stereocenters. The van der Waals surface area contributed by atoms with E-state index in [1.807, 2.05) is 24.3 Å². The van der Waals surface area contributed by atoms with Crippen molar-refractivity contribution >= 4 is 31.0 Å². The van der Waals surface area contributed by atoms with E-state index in [9.17, 15) is 0 Å². The molecule has 0 aliphatic carbocycles. The number of halogens is 1. The normalized spacial score (nSPS) is 9.11. The van der Waals surface area contributed by atoms with Crippen LogP contribution in [-0.4, -0.2) is 0 Å². The predicted molar refractivity (Wildman–Crippen MR) is 47.5 cm³/mol. The Morgan fingerprint density at radius 1 is 1.22 bits per heavy atom. The Balaban J connectivity index is 2.88. The zero-order valence-corrected chi connectivity index (χ0v) is 7.51. The smallest absolute Gasteiger partial charge is 0.0369 e. The van der Waals surface area contributed by atoms with E-state index in [1.165, 1.54) is 0 Å². The van der Waals surface area contributed by atoms with Gasteiger partial charge in [-0.1, -0.05) is 15.9 Å². The van der Waals surface area contributed by atoms with E-state index >= 15 is 0 Å². The van der Waals surface area contributed by atoms with Crippen LogP contribution in [0.4, 0.5) is 5.69 Å². The topological polar surface area (TPSA) is 12.0 Å². The van der Waals surface area contributed by atoms with E-state index in [4.69, 9.17) is 0 Å². The summed E-state index contributed by atoms with van der Waals surface area (Å²) < 4.78 is 1.10. The van der Waals surface area contributed by atoms with Gasteiger partial charge < -0.3 is 5.09 Å². The average molecular weight is 204 g/mol. The molecule has 9 heavy (non-hydrogen) atoms. The van der Waals surface area contributed by atoms with E-state index in [-0.39, 0.29) is 0 Å². The molecule has 3 heteroatoms. The first-order valence-electron chi connectivity index (χ1n) is 2.55. The largest absolute Gasteiger partial charge is 0.369 e. The van der Waals surface area contributed by atoms with Gasteiger partial charge in [-0.3, -0.25) is 0 Å². The summed E-state index contributed by atoms with van der Waals surface area (Å²) in [6.07, 6.45) is 0. The maximum absolute atomic E-state index is 3.34. The fraction of sp³-hybridized carbons (Fsp3) is 0. The second-order valence-corrected chi connectivity index (χ2v) is 2.86. The summed E-state index contributed by atoms with van der Waals surface area (Å²) in [4.78, 5) is 0. The van der Waals surface area contributed by atoms with Crippen LogP contribution in [0.1, 0.15) is 0 Å². The number of nitrogens with one attached hydrogen (secondary N) is 1. The van der Waals surface area contributed by atoms with Crippen LogP contribution < -0.4 is 5.09 Å². The third-order valence-electron chi connectivity index (χ3n) is 1.01. The second kappa shape index (κ2) is 3.19. The van der Waals surface area contributed by atoms with Gasteiger partial charge in [-0.25, -0.2) is 0 Å². The van der Waals surface area contributed by atoms with Crippen LogP contribution in [0.5, 0.6) is 0 Å². The number of hydrogen-bond acceptors (Lipinski definition) is 1. The van der Waals surface area contributed by atoms with Crippen molar-refractivity contribution in [3.63, 3.8) is 0 Å². The van der Waals surface area contributed by atoms with Gasteiger partial charge in [-0.15, -0.1) is 0 Å². The molecule has 1 nitrogen and oxygen atoms in total. The van der Waals surface area contributed by atoms with Gasteiger partial charge >= 0.3 is 0 Å². The lowest BCUT2D eigenvalue weighted by Gasteiger charge is -1.96. The zero-order chi connectivity index (χ0) is 6.69. The Bertz CT molecular complexity index is 185. The first-order chi connectivity index (χ1) is 4.33. The molecule has 0 aliphatic heterocycles. The molecule has 0 amide bonds. The van der Waals surface area contributed by atoms with Crippen molar-refractivity contribution in [3.05, 3.63) is 28.7 Å². The van der Waals surface area contributed by atoms with Gasteiger partial charge in [0.1, 0.15) is 0 Å². The highest BCUT2D eigenvalue weighted by Crippen LogP contribution is 2.14. The minimum atomic E-state index is 1.10. The molecule has 0 spiro atoms. The van der Waals surface area contributed by atoms with Crippen molar-refractivity contribution in [2.24, 2.45) is 0 Å². The minimum absolute atomic E-state index is 1.10. The van der Waals surface area contributed by atoms with Crippen molar-refractivity contribution < 1.29 is 0 Å². The summed E-state index contributed by atoms with van der Waals surface area (Å²) in [7, 11) is 2.44. The first-order valence-corrected chi connectivity index (χ1v) is 3.92. The molecule has 0 aromatic heterocycles. The average Bonchev–Trinajstić information content (AvgIpc) is 1.90. The lowest BCUT2D eigenvalue weighted by atomic mass is 10.3. The van der Waals surface area contributed by atoms with Gasteiger partial charge in [0.05, 0.1) is 0 Å². The van der Waals surface area contributed by atoms with Crippen LogP contribution in [-0.2, 0) is 0 Å². The molecule has 0 heterocycles. The standard InChI is InChI=1S/C6H7BrNP/c7-5-1-3-6(8-9)4-2-5/h1-4,8H,9H2. The summed E-state index contributed by atoms with van der Waals surface area (Å²) in [5.41, 5.74) is 1.10. The lowest BCUT2D eigenvalue weighted by Crippen LogP contribution is -1.75. The SMILES string of the molecule is PNc1ccc(Br)cc1. The van der Waals surface area contributed by atoms with Crippen LogP contribution in [0.25, 0.3) is 0 Å². The van der Waals surface area contributed by atoms with Crippen molar-refractivity contribution in [3.8, 4) is 0 Å². The van der Waals surface area contributed by atoms with E-state index in [1.54, 1.807) is 0 Å². The van der Waals surface area contributed by atoms with E-state index in [0.717, 1.165) is 10.2 Å². The quantitative estimate of drug-likeness (QED) is 0.693. The maximum Gasteiger partial charge on any atom is 0.0369 e. The molecule has 1 aromatic carbocycles. The first kappa shape index (κ1) is 7.04. The predicted octanol–water partition coefficient (Wildman–Crippen LogP) is 2.65. The molecule has 0 fully saturated rings. The van der Waals surface area contributed by atoms with Crippen molar-refractivity contribution in [2.75, 3.05) is 5.09 Å². The van der Waals surface area contributed by atoms with Crippen LogP contribution in [0, 0.1) is 0 Å². The molecule has 0 saturated carbocycles. The summed E-state index contributed by atoms with van der Waals surface area (Å²) in [5, 5.41) is 2.95. The van der Waals surface area contributed by atoms with Gasteiger partial charge in [0.15, 0.2) is 0 Å². The fourth-order valence-electron chi connectivity index (χ4n) is 0.546. The molecule has 48 valence electrons. The third kappa shape index (κ3) is 1.96. The van der Waals surface area contributed by atoms with Gasteiger partial charge in [-0.2, -0.15) is 0 Å². The van der Waals surface area contributed by atoms with E-state index < -0.39 is 0 Å². The van der Waals surface area contributed by atoms with Crippen molar-refractivity contribution in [1.82, 2.24) is 0 Å². The van der Waals surface area contributed by atoms with Crippen LogP contribution in [0.2, 0.25) is 0 Å². The minimum Gasteiger partial charge on any atom is -0.369 e. The summed E-state index contributed by atoms with van der Waals surface area (Å²) in [6.45, 7) is 0. The monoisotopic (exact) mass is 203 g/mol. The lowest BCUT2D eigenvalue weighted by molar-refractivity contribution is 1.64. The molecule has 1 N–H and O–H groups in total. The molecule has 1 aromatic rings. The van der Waals surface area contributed by atoms with Crippen LogP contribution in [0.15, 0.2) is 28.7 Å². The Kier molecular flexibility index (Phi) is 2.49. The zero-order valence-electron chi connectivity index (χ0n) is 4.76. The maximum atomic E-state index is 3.34. The Hall–Kier alpha value is -0.0700. The number of hydrogen-bond donors (Lipinski definition) is 1. The summed E-state index contributed by atoms with van der Waals surface area (Å²) in [6, 6.07) is 7.98. The van der Waals surface area contributed by atoms with Crippen LogP contribution in [0.3, 0.4) is 0 Å². The highest BCUT2D eigenvalue weighted by molar-refractivity contribution is 9.10. The van der Waals surface area contributed by atoms with E-state index in [2.05, 4.69) is 30.4 Å². The molecular formula is C6H7BrNP. The number of anilines is 1. The molecule has 0 radical (unpaired) electrons. The second-order valence-electron chi connectivity index (χ2n) is 1.65. The van der Waals surface area contributed by atoms with Gasteiger partial charge in [0.2, 0.25) is 0 Å². The Labute approximate surface area is 65.2 Å². The van der Waals surface area contributed by atoms with E-state index in [0.29, 0.717) is 0 Å². The van der Waals surface area contributed by atoms with Crippen molar-refractivity contribution in [1.29, 1.82) is 0 Å². The van der Waals surface area contributed by atoms with Crippen molar-refractivity contribution in [2.45, 2.75) is 0 Å². The summed E-state index contributed by atoms with van der Waals surface area (Å²) in [5.74, 6) is 0. The Morgan fingerprint density at radius 3 is 2.22 bits per heavy atom. The number of benzene rings is 1. The third-order valence-corrected chi connectivity index (χ3v) is 1.87. The molecular weight excluding hydrogens is 197 g/mol. The fourth-order valence-corrected chi connectivity index (χ4v) is 1.00. The number of rotatable bonds is 1. The summed E-state index contributed by atoms with van der Waals surface area (Å²) >= 11 is 3.34. The molecule has 0 aliphatic rings. The highest BCUT2D eigenvalue weighted by Gasteiger charge is 1.85. The van der Waals surface area contributed by atoms with Gasteiger partial charge in [0, 0.05) is 10.2 Å². The molecule has 0 bridgehead atoms. The van der Waals surface area contributed by atoms with Gasteiger partial charge in [-0.05, 0) is 33.7 Å². The Morgan fingerprint density at radius 2 is 1.78 bits per heavy atom.